The third-order valence-electron chi connectivity index (χ3n) is 3.47. The number of hydrogen-bond acceptors (Lipinski definition) is 1. The monoisotopic (exact) mass is 246 g/mol. The smallest absolute Gasteiger partial charge is 0.137 e. The molecule has 2 atom stereocenters. The summed E-state index contributed by atoms with van der Waals surface area (Å²) in [5.74, 6) is -0.172. The van der Waals surface area contributed by atoms with E-state index in [9.17, 15) is 4.39 Å². The molecule has 0 aliphatic heterocycles. The maximum absolute atomic E-state index is 14.3. The topological polar surface area (TPSA) is 9.23 Å². The van der Waals surface area contributed by atoms with Crippen LogP contribution in [0.3, 0.4) is 0 Å². The second kappa shape index (κ2) is 5.49. The molecule has 1 nitrogen and oxygen atoms in total. The number of ether oxygens (including phenoxy) is 1. The van der Waals surface area contributed by atoms with Gasteiger partial charge >= 0.3 is 0 Å². The predicted molar refractivity (Wildman–Crippen MR) is 72.2 cm³/mol. The van der Waals surface area contributed by atoms with Crippen molar-refractivity contribution in [1.82, 2.24) is 0 Å². The maximum Gasteiger partial charge on any atom is 0.137 e. The Morgan fingerprint density at radius 1 is 1.28 bits per heavy atom. The van der Waals surface area contributed by atoms with Crippen LogP contribution >= 0.6 is 0 Å². The van der Waals surface area contributed by atoms with Crippen LogP contribution < -0.4 is 0 Å². The summed E-state index contributed by atoms with van der Waals surface area (Å²) in [7, 11) is 1.57. The first-order valence-corrected chi connectivity index (χ1v) is 6.39. The molecule has 0 saturated carbocycles. The van der Waals surface area contributed by atoms with E-state index in [4.69, 9.17) is 4.74 Å². The molecule has 1 aromatic rings. The van der Waals surface area contributed by atoms with Crippen molar-refractivity contribution in [2.45, 2.75) is 31.3 Å². The minimum absolute atomic E-state index is 0.00586. The molecule has 0 heterocycles. The molecule has 0 fully saturated rings. The molecule has 0 spiro atoms. The van der Waals surface area contributed by atoms with Gasteiger partial charge in [0.1, 0.15) is 11.4 Å². The zero-order chi connectivity index (χ0) is 13.0. The van der Waals surface area contributed by atoms with E-state index in [1.807, 2.05) is 49.4 Å². The largest absolute Gasteiger partial charge is 0.367 e. The number of halogens is 1. The SMILES string of the molecule is CCCC1(OC)C=CC(c2ccccc2)C=C1F. The van der Waals surface area contributed by atoms with Crippen molar-refractivity contribution < 1.29 is 9.13 Å². The zero-order valence-electron chi connectivity index (χ0n) is 10.9. The lowest BCUT2D eigenvalue weighted by Gasteiger charge is -2.31. The standard InChI is InChI=1S/C16H19FO/c1-3-10-16(18-2)11-9-14(12-15(16)17)13-7-5-4-6-8-13/h4-9,11-12,14H,3,10H2,1-2H3. The minimum atomic E-state index is -0.847. The van der Waals surface area contributed by atoms with Crippen molar-refractivity contribution in [3.05, 3.63) is 60.0 Å². The van der Waals surface area contributed by atoms with Crippen molar-refractivity contribution >= 4 is 0 Å². The summed E-state index contributed by atoms with van der Waals surface area (Å²) in [6.07, 6.45) is 7.11. The molecule has 0 N–H and O–H groups in total. The van der Waals surface area contributed by atoms with Gasteiger partial charge in [-0.3, -0.25) is 0 Å². The molecule has 1 aliphatic carbocycles. The van der Waals surface area contributed by atoms with E-state index in [0.717, 1.165) is 12.0 Å². The van der Waals surface area contributed by atoms with Gasteiger partial charge < -0.3 is 4.74 Å². The normalized spacial score (nSPS) is 27.1. The Hall–Kier alpha value is -1.41. The Labute approximate surface area is 108 Å². The van der Waals surface area contributed by atoms with Gasteiger partial charge in [0.15, 0.2) is 0 Å². The molecular weight excluding hydrogens is 227 g/mol. The van der Waals surface area contributed by atoms with Crippen LogP contribution in [0.1, 0.15) is 31.2 Å². The number of methoxy groups -OCH3 is 1. The molecule has 1 aromatic carbocycles. The second-order valence-electron chi connectivity index (χ2n) is 4.65. The van der Waals surface area contributed by atoms with E-state index in [0.29, 0.717) is 6.42 Å². The average Bonchev–Trinajstić information content (AvgIpc) is 2.42. The third kappa shape index (κ3) is 2.39. The third-order valence-corrected chi connectivity index (χ3v) is 3.47. The summed E-state index contributed by atoms with van der Waals surface area (Å²) in [5.41, 5.74) is 0.255. The quantitative estimate of drug-likeness (QED) is 0.716. The second-order valence-corrected chi connectivity index (χ2v) is 4.65. The highest BCUT2D eigenvalue weighted by Gasteiger charge is 2.34. The fourth-order valence-corrected chi connectivity index (χ4v) is 2.42. The number of benzene rings is 1. The Balaban J connectivity index is 2.26. The molecule has 0 aromatic heterocycles. The van der Waals surface area contributed by atoms with E-state index in [1.165, 1.54) is 0 Å². The van der Waals surface area contributed by atoms with Gasteiger partial charge in [0.25, 0.3) is 0 Å². The molecule has 0 saturated heterocycles. The fourth-order valence-electron chi connectivity index (χ4n) is 2.42. The highest BCUT2D eigenvalue weighted by atomic mass is 19.1. The van der Waals surface area contributed by atoms with Gasteiger partial charge in [0.05, 0.1) is 0 Å². The summed E-state index contributed by atoms with van der Waals surface area (Å²) in [6.45, 7) is 2.03. The molecule has 2 unspecified atom stereocenters. The van der Waals surface area contributed by atoms with E-state index < -0.39 is 5.60 Å². The highest BCUT2D eigenvalue weighted by molar-refractivity contribution is 5.37. The summed E-state index contributed by atoms with van der Waals surface area (Å²) in [6, 6.07) is 9.93. The number of rotatable bonds is 4. The summed E-state index contributed by atoms with van der Waals surface area (Å²) < 4.78 is 19.7. The fraction of sp³-hybridized carbons (Fsp3) is 0.375. The van der Waals surface area contributed by atoms with Crippen molar-refractivity contribution in [3.8, 4) is 0 Å². The molecule has 0 radical (unpaired) electrons. The van der Waals surface area contributed by atoms with Crippen molar-refractivity contribution in [2.75, 3.05) is 7.11 Å². The number of allylic oxidation sites excluding steroid dienone is 2. The molecule has 2 rings (SSSR count). The van der Waals surface area contributed by atoms with Gasteiger partial charge in [-0.05, 0) is 24.1 Å². The van der Waals surface area contributed by atoms with Crippen LogP contribution in [-0.4, -0.2) is 12.7 Å². The first kappa shape index (κ1) is 13.0. The zero-order valence-corrected chi connectivity index (χ0v) is 10.9. The van der Waals surface area contributed by atoms with Crippen LogP contribution in [0.5, 0.6) is 0 Å². The number of hydrogen-bond donors (Lipinski definition) is 0. The molecule has 96 valence electrons. The molecule has 0 bridgehead atoms. The van der Waals surface area contributed by atoms with Crippen molar-refractivity contribution in [2.24, 2.45) is 0 Å². The predicted octanol–water partition coefficient (Wildman–Crippen LogP) is 4.38. The van der Waals surface area contributed by atoms with Crippen LogP contribution in [0.15, 0.2) is 54.4 Å². The molecule has 2 heteroatoms. The average molecular weight is 246 g/mol. The van der Waals surface area contributed by atoms with Crippen molar-refractivity contribution in [3.63, 3.8) is 0 Å². The van der Waals surface area contributed by atoms with E-state index in [-0.39, 0.29) is 11.7 Å². The minimum Gasteiger partial charge on any atom is -0.367 e. The van der Waals surface area contributed by atoms with Crippen LogP contribution in [0.25, 0.3) is 0 Å². The van der Waals surface area contributed by atoms with Crippen LogP contribution in [0.2, 0.25) is 0 Å². The summed E-state index contributed by atoms with van der Waals surface area (Å²) in [4.78, 5) is 0. The Kier molecular flexibility index (Phi) is 3.97. The van der Waals surface area contributed by atoms with Gasteiger partial charge in [0, 0.05) is 13.0 Å². The maximum atomic E-state index is 14.3. The van der Waals surface area contributed by atoms with Gasteiger partial charge in [-0.25, -0.2) is 4.39 Å². The molecule has 0 amide bonds. The first-order valence-electron chi connectivity index (χ1n) is 6.39. The van der Waals surface area contributed by atoms with Crippen LogP contribution in [-0.2, 0) is 4.74 Å². The molecular formula is C16H19FO. The Morgan fingerprint density at radius 3 is 2.56 bits per heavy atom. The van der Waals surface area contributed by atoms with Crippen LogP contribution in [0.4, 0.5) is 4.39 Å². The lowest BCUT2D eigenvalue weighted by molar-refractivity contribution is 0.0350. The van der Waals surface area contributed by atoms with Crippen LogP contribution in [0, 0.1) is 0 Å². The van der Waals surface area contributed by atoms with Gasteiger partial charge in [-0.1, -0.05) is 49.8 Å². The Morgan fingerprint density at radius 2 is 2.00 bits per heavy atom. The lowest BCUT2D eigenvalue weighted by Crippen LogP contribution is -2.32. The summed E-state index contributed by atoms with van der Waals surface area (Å²) >= 11 is 0. The molecule has 1 aliphatic rings. The summed E-state index contributed by atoms with van der Waals surface area (Å²) in [5, 5.41) is 0. The Bertz CT molecular complexity index is 449. The van der Waals surface area contributed by atoms with Gasteiger partial charge in [-0.15, -0.1) is 0 Å². The lowest BCUT2D eigenvalue weighted by atomic mass is 9.85. The highest BCUT2D eigenvalue weighted by Crippen LogP contribution is 2.37. The van der Waals surface area contributed by atoms with E-state index >= 15 is 0 Å². The van der Waals surface area contributed by atoms with Crippen molar-refractivity contribution in [1.29, 1.82) is 0 Å². The van der Waals surface area contributed by atoms with Gasteiger partial charge in [-0.2, -0.15) is 0 Å². The van der Waals surface area contributed by atoms with Gasteiger partial charge in [0.2, 0.25) is 0 Å². The van der Waals surface area contributed by atoms with E-state index in [1.54, 1.807) is 13.2 Å². The van der Waals surface area contributed by atoms with E-state index in [2.05, 4.69) is 0 Å². The first-order chi connectivity index (χ1) is 8.72. The molecule has 18 heavy (non-hydrogen) atoms.